The molecule has 2 aliphatic rings. The Morgan fingerprint density at radius 1 is 0.914 bits per heavy atom. The van der Waals surface area contributed by atoms with E-state index in [0.29, 0.717) is 0 Å². The van der Waals surface area contributed by atoms with Gasteiger partial charge >= 0.3 is 0 Å². The van der Waals surface area contributed by atoms with Crippen molar-refractivity contribution < 1.29 is 0 Å². The lowest BCUT2D eigenvalue weighted by atomic mass is 9.91. The minimum absolute atomic E-state index is 0.767. The summed E-state index contributed by atoms with van der Waals surface area (Å²) in [5.74, 6) is 0. The summed E-state index contributed by atoms with van der Waals surface area (Å²) in [6.07, 6.45) is 18.8. The normalized spacial score (nSPS) is 17.2. The maximum Gasteiger partial charge on any atom is 0.166 e. The van der Waals surface area contributed by atoms with E-state index in [-0.39, 0.29) is 0 Å². The zero-order chi connectivity index (χ0) is 24.7. The summed E-state index contributed by atoms with van der Waals surface area (Å²) < 4.78 is 5.33. The Labute approximate surface area is 227 Å². The monoisotopic (exact) mass is 534 g/mol. The zero-order valence-electron chi connectivity index (χ0n) is 21.9. The first-order valence-corrected chi connectivity index (χ1v) is 16.0. The second-order valence-electron chi connectivity index (χ2n) is 9.87. The number of thiocarbonyl (C=S) groups is 1. The molecule has 0 bridgehead atoms. The van der Waals surface area contributed by atoms with E-state index < -0.39 is 0 Å². The first-order valence-electron chi connectivity index (χ1n) is 14.0. The minimum atomic E-state index is 0.767. The minimum Gasteiger partial charge on any atom is -0.363 e. The summed E-state index contributed by atoms with van der Waals surface area (Å²) in [4.78, 5) is 4.88. The Kier molecular flexibility index (Phi) is 13.7. The molecule has 196 valence electrons. The van der Waals surface area contributed by atoms with E-state index in [4.69, 9.17) is 17.2 Å². The standard InChI is InChI=1S/C19H26N2S2.C9H20N2S/c1-3-9-15(10-4-1)21(16-11-5-2-6-12-16)23-19-20-17-13-7-8-14-18(17)22-19;1-3-5-7-10-9(12)11-8-6-4-2/h7-8,13-16H,1-6,9-12H2;3-8H2,1-2H3,(H2,10,11,12). The topological polar surface area (TPSA) is 40.2 Å². The molecule has 1 aromatic heterocycles. The zero-order valence-corrected chi connectivity index (χ0v) is 24.3. The van der Waals surface area contributed by atoms with Crippen molar-refractivity contribution in [1.82, 2.24) is 19.9 Å². The molecule has 2 N–H and O–H groups in total. The maximum atomic E-state index is 5.06. The Hall–Kier alpha value is -0.890. The fraction of sp³-hybridized carbons (Fsp3) is 0.714. The van der Waals surface area contributed by atoms with Gasteiger partial charge in [-0.25, -0.2) is 9.29 Å². The number of nitrogens with one attached hydrogen (secondary N) is 2. The number of thiazole rings is 1. The van der Waals surface area contributed by atoms with Crippen LogP contribution in [0.5, 0.6) is 0 Å². The molecule has 0 spiro atoms. The predicted octanol–water partition coefficient (Wildman–Crippen LogP) is 8.32. The number of benzene rings is 1. The van der Waals surface area contributed by atoms with Crippen LogP contribution in [0.25, 0.3) is 10.2 Å². The van der Waals surface area contributed by atoms with Gasteiger partial charge in [0.15, 0.2) is 9.45 Å². The summed E-state index contributed by atoms with van der Waals surface area (Å²) in [7, 11) is 0. The number of rotatable bonds is 10. The van der Waals surface area contributed by atoms with Crippen LogP contribution in [0.4, 0.5) is 0 Å². The van der Waals surface area contributed by atoms with Crippen molar-refractivity contribution in [2.75, 3.05) is 13.1 Å². The highest BCUT2D eigenvalue weighted by atomic mass is 32.2. The van der Waals surface area contributed by atoms with Crippen LogP contribution >= 0.6 is 35.5 Å². The first-order chi connectivity index (χ1) is 17.2. The van der Waals surface area contributed by atoms with Crippen molar-refractivity contribution in [2.24, 2.45) is 0 Å². The van der Waals surface area contributed by atoms with Gasteiger partial charge in [-0.2, -0.15) is 0 Å². The lowest BCUT2D eigenvalue weighted by Crippen LogP contribution is -2.40. The summed E-state index contributed by atoms with van der Waals surface area (Å²) >= 11 is 8.89. The van der Waals surface area contributed by atoms with Gasteiger partial charge in [0.2, 0.25) is 0 Å². The van der Waals surface area contributed by atoms with Crippen molar-refractivity contribution >= 4 is 50.8 Å². The van der Waals surface area contributed by atoms with Crippen LogP contribution < -0.4 is 10.6 Å². The number of aromatic nitrogens is 1. The largest absolute Gasteiger partial charge is 0.363 e. The third-order valence-corrected chi connectivity index (χ3v) is 9.61. The smallest absolute Gasteiger partial charge is 0.166 e. The van der Waals surface area contributed by atoms with Crippen LogP contribution in [-0.2, 0) is 0 Å². The van der Waals surface area contributed by atoms with Gasteiger partial charge in [-0.15, -0.1) is 11.3 Å². The van der Waals surface area contributed by atoms with Gasteiger partial charge in [0, 0.05) is 25.2 Å². The van der Waals surface area contributed by atoms with E-state index in [1.165, 1.54) is 98.9 Å². The maximum absolute atomic E-state index is 5.06. The van der Waals surface area contributed by atoms with Gasteiger partial charge in [0.05, 0.1) is 10.2 Å². The SMILES string of the molecule is CCCCNC(=S)NCCCC.c1ccc2sc(SN(C3CCCCC3)C3CCCCC3)nc2c1. The molecule has 0 atom stereocenters. The average Bonchev–Trinajstić information content (AvgIpc) is 3.32. The molecule has 2 aromatic rings. The van der Waals surface area contributed by atoms with E-state index in [1.54, 1.807) is 0 Å². The van der Waals surface area contributed by atoms with Crippen molar-refractivity contribution in [3.05, 3.63) is 24.3 Å². The third kappa shape index (κ3) is 10.2. The first kappa shape index (κ1) is 28.7. The van der Waals surface area contributed by atoms with Crippen LogP contribution in [0, 0.1) is 0 Å². The van der Waals surface area contributed by atoms with Gasteiger partial charge in [-0.3, -0.25) is 0 Å². The molecule has 1 aromatic carbocycles. The molecule has 4 nitrogen and oxygen atoms in total. The Bertz CT molecular complexity index is 781. The van der Waals surface area contributed by atoms with Crippen molar-refractivity contribution in [1.29, 1.82) is 0 Å². The molecular weight excluding hydrogens is 489 g/mol. The highest BCUT2D eigenvalue weighted by Gasteiger charge is 2.30. The quantitative estimate of drug-likeness (QED) is 0.181. The van der Waals surface area contributed by atoms with Gasteiger partial charge in [0.25, 0.3) is 0 Å². The van der Waals surface area contributed by atoms with E-state index >= 15 is 0 Å². The fourth-order valence-electron chi connectivity index (χ4n) is 4.92. The molecular formula is C28H46N4S3. The molecule has 2 aliphatic carbocycles. The molecule has 7 heteroatoms. The van der Waals surface area contributed by atoms with Gasteiger partial charge in [-0.05, 0) is 74.8 Å². The molecule has 0 radical (unpaired) electrons. The molecule has 0 aliphatic heterocycles. The molecule has 4 rings (SSSR count). The Balaban J connectivity index is 0.000000245. The number of fused-ring (bicyclic) bond motifs is 1. The highest BCUT2D eigenvalue weighted by Crippen LogP contribution is 2.40. The second-order valence-corrected chi connectivity index (χ2v) is 12.6. The second kappa shape index (κ2) is 16.8. The summed E-state index contributed by atoms with van der Waals surface area (Å²) in [6, 6.07) is 10.1. The van der Waals surface area contributed by atoms with E-state index in [0.717, 1.165) is 35.8 Å². The van der Waals surface area contributed by atoms with E-state index in [9.17, 15) is 0 Å². The van der Waals surface area contributed by atoms with Crippen molar-refractivity contribution in [2.45, 2.75) is 120 Å². The van der Waals surface area contributed by atoms with Gasteiger partial charge in [0.1, 0.15) is 0 Å². The van der Waals surface area contributed by atoms with Crippen LogP contribution in [0.15, 0.2) is 28.6 Å². The van der Waals surface area contributed by atoms with Crippen LogP contribution in [0.2, 0.25) is 0 Å². The van der Waals surface area contributed by atoms with Crippen LogP contribution in [0.1, 0.15) is 104 Å². The lowest BCUT2D eigenvalue weighted by molar-refractivity contribution is 0.185. The predicted molar refractivity (Wildman–Crippen MR) is 159 cm³/mol. The average molecular weight is 535 g/mol. The number of nitrogens with zero attached hydrogens (tertiary/aromatic N) is 2. The van der Waals surface area contributed by atoms with Crippen molar-refractivity contribution in [3.63, 3.8) is 0 Å². The Morgan fingerprint density at radius 2 is 1.46 bits per heavy atom. The number of hydrogen-bond acceptors (Lipinski definition) is 5. The summed E-state index contributed by atoms with van der Waals surface area (Å²) in [6.45, 7) is 6.34. The molecule has 2 fully saturated rings. The molecule has 0 unspecified atom stereocenters. The molecule has 35 heavy (non-hydrogen) atoms. The van der Waals surface area contributed by atoms with E-state index in [1.807, 2.05) is 23.3 Å². The number of unbranched alkanes of at least 4 members (excludes halogenated alkanes) is 2. The number of hydrogen-bond donors (Lipinski definition) is 2. The van der Waals surface area contributed by atoms with Crippen LogP contribution in [0.3, 0.4) is 0 Å². The van der Waals surface area contributed by atoms with Crippen LogP contribution in [-0.4, -0.2) is 39.6 Å². The van der Waals surface area contributed by atoms with E-state index in [2.05, 4.69) is 53.1 Å². The van der Waals surface area contributed by atoms with Crippen molar-refractivity contribution in [3.8, 4) is 0 Å². The van der Waals surface area contributed by atoms with Gasteiger partial charge < -0.3 is 10.6 Å². The Morgan fingerprint density at radius 3 is 1.97 bits per heavy atom. The highest BCUT2D eigenvalue weighted by molar-refractivity contribution is 7.99. The summed E-state index contributed by atoms with van der Waals surface area (Å²) in [5.41, 5.74) is 1.16. The fourth-order valence-corrected chi connectivity index (χ4v) is 7.54. The lowest BCUT2D eigenvalue weighted by Gasteiger charge is -2.40. The number of para-hydroxylation sites is 1. The molecule has 0 amide bonds. The molecule has 1 heterocycles. The summed E-state index contributed by atoms with van der Waals surface area (Å²) in [5, 5.41) is 7.13. The van der Waals surface area contributed by atoms with Gasteiger partial charge in [-0.1, -0.05) is 77.3 Å². The molecule has 2 saturated carbocycles. The third-order valence-electron chi connectivity index (χ3n) is 6.96. The molecule has 0 saturated heterocycles.